The van der Waals surface area contributed by atoms with Gasteiger partial charge in [-0.05, 0) is 43.7 Å². The summed E-state index contributed by atoms with van der Waals surface area (Å²) in [7, 11) is 0. The number of hydrogen-bond donors (Lipinski definition) is 1. The Balaban J connectivity index is 1.97. The van der Waals surface area contributed by atoms with Crippen LogP contribution in [-0.4, -0.2) is 11.1 Å². The van der Waals surface area contributed by atoms with Crippen LogP contribution in [0.25, 0.3) is 0 Å². The topological polar surface area (TPSA) is 35.2 Å². The first-order valence-electron chi connectivity index (χ1n) is 6.86. The second-order valence-electron chi connectivity index (χ2n) is 5.17. The molecule has 0 aromatic heterocycles. The lowest BCUT2D eigenvalue weighted by atomic mass is 9.86. The number of nitrogens with two attached hydrogens (primary N) is 1. The number of rotatable bonds is 4. The third-order valence-electron chi connectivity index (χ3n) is 3.88. The van der Waals surface area contributed by atoms with Gasteiger partial charge < -0.3 is 10.5 Å². The smallest absolute Gasteiger partial charge is 0.137 e. The SMILES string of the molecule is CCC1CCC(Oc2ccc(C(N)=S)c(F)c2)CC1. The molecule has 0 heterocycles. The maximum atomic E-state index is 13.7. The van der Waals surface area contributed by atoms with Gasteiger partial charge in [-0.1, -0.05) is 25.6 Å². The summed E-state index contributed by atoms with van der Waals surface area (Å²) in [6.07, 6.45) is 5.96. The van der Waals surface area contributed by atoms with Gasteiger partial charge in [0, 0.05) is 11.6 Å². The van der Waals surface area contributed by atoms with Crippen LogP contribution < -0.4 is 10.5 Å². The molecule has 2 nitrogen and oxygen atoms in total. The molecule has 2 rings (SSSR count). The van der Waals surface area contributed by atoms with Gasteiger partial charge in [0.25, 0.3) is 0 Å². The average molecular weight is 281 g/mol. The van der Waals surface area contributed by atoms with Crippen molar-refractivity contribution in [2.45, 2.75) is 45.1 Å². The quantitative estimate of drug-likeness (QED) is 0.852. The van der Waals surface area contributed by atoms with E-state index in [4.69, 9.17) is 22.7 Å². The lowest BCUT2D eigenvalue weighted by molar-refractivity contribution is 0.129. The van der Waals surface area contributed by atoms with Gasteiger partial charge >= 0.3 is 0 Å². The zero-order valence-corrected chi connectivity index (χ0v) is 12.0. The van der Waals surface area contributed by atoms with Gasteiger partial charge in [-0.15, -0.1) is 0 Å². The van der Waals surface area contributed by atoms with Crippen LogP contribution in [0, 0.1) is 11.7 Å². The average Bonchev–Trinajstić information content (AvgIpc) is 2.39. The van der Waals surface area contributed by atoms with Crippen LogP contribution in [0.15, 0.2) is 18.2 Å². The molecule has 1 aromatic rings. The highest BCUT2D eigenvalue weighted by molar-refractivity contribution is 7.80. The highest BCUT2D eigenvalue weighted by atomic mass is 32.1. The van der Waals surface area contributed by atoms with Crippen LogP contribution in [0.4, 0.5) is 4.39 Å². The predicted molar refractivity (Wildman–Crippen MR) is 79.0 cm³/mol. The summed E-state index contributed by atoms with van der Waals surface area (Å²) < 4.78 is 19.6. The molecule has 104 valence electrons. The Bertz CT molecular complexity index is 455. The molecule has 1 fully saturated rings. The van der Waals surface area contributed by atoms with Crippen LogP contribution in [0.2, 0.25) is 0 Å². The van der Waals surface area contributed by atoms with Crippen molar-refractivity contribution in [2.24, 2.45) is 11.7 Å². The molecular formula is C15H20FNOS. The number of hydrogen-bond acceptors (Lipinski definition) is 2. The first-order valence-corrected chi connectivity index (χ1v) is 7.27. The van der Waals surface area contributed by atoms with Gasteiger partial charge in [-0.25, -0.2) is 4.39 Å². The first-order chi connectivity index (χ1) is 9.10. The minimum Gasteiger partial charge on any atom is -0.490 e. The van der Waals surface area contributed by atoms with Crippen molar-refractivity contribution in [1.82, 2.24) is 0 Å². The number of ether oxygens (including phenoxy) is 1. The van der Waals surface area contributed by atoms with E-state index in [-0.39, 0.29) is 16.7 Å². The number of halogens is 1. The molecule has 1 aromatic carbocycles. The van der Waals surface area contributed by atoms with Crippen LogP contribution in [0.3, 0.4) is 0 Å². The lowest BCUT2D eigenvalue weighted by Gasteiger charge is -2.28. The number of benzene rings is 1. The van der Waals surface area contributed by atoms with Gasteiger partial charge in [0.15, 0.2) is 0 Å². The predicted octanol–water partition coefficient (Wildman–Crippen LogP) is 3.81. The molecule has 1 saturated carbocycles. The summed E-state index contributed by atoms with van der Waals surface area (Å²) in [5.41, 5.74) is 5.71. The normalized spacial score (nSPS) is 23.1. The van der Waals surface area contributed by atoms with Crippen molar-refractivity contribution >= 4 is 17.2 Å². The molecule has 0 unspecified atom stereocenters. The summed E-state index contributed by atoms with van der Waals surface area (Å²) in [5.74, 6) is 0.985. The second kappa shape index (κ2) is 6.33. The zero-order chi connectivity index (χ0) is 13.8. The van der Waals surface area contributed by atoms with E-state index in [1.807, 2.05) is 0 Å². The van der Waals surface area contributed by atoms with Gasteiger partial charge in [-0.2, -0.15) is 0 Å². The van der Waals surface area contributed by atoms with Crippen LogP contribution in [0.5, 0.6) is 5.75 Å². The highest BCUT2D eigenvalue weighted by Gasteiger charge is 2.21. The Morgan fingerprint density at radius 2 is 2.05 bits per heavy atom. The Labute approximate surface area is 119 Å². The van der Waals surface area contributed by atoms with Gasteiger partial charge in [0.2, 0.25) is 0 Å². The van der Waals surface area contributed by atoms with Crippen molar-refractivity contribution in [3.05, 3.63) is 29.6 Å². The fraction of sp³-hybridized carbons (Fsp3) is 0.533. The maximum Gasteiger partial charge on any atom is 0.137 e. The summed E-state index contributed by atoms with van der Waals surface area (Å²) in [6, 6.07) is 4.70. The summed E-state index contributed by atoms with van der Waals surface area (Å²) >= 11 is 4.78. The van der Waals surface area contributed by atoms with Crippen molar-refractivity contribution in [2.75, 3.05) is 0 Å². The molecular weight excluding hydrogens is 261 g/mol. The summed E-state index contributed by atoms with van der Waals surface area (Å²) in [6.45, 7) is 2.23. The molecule has 2 N–H and O–H groups in total. The fourth-order valence-electron chi connectivity index (χ4n) is 2.62. The largest absolute Gasteiger partial charge is 0.490 e. The number of thiocarbonyl (C=S) groups is 1. The molecule has 19 heavy (non-hydrogen) atoms. The van der Waals surface area contributed by atoms with Crippen LogP contribution in [0.1, 0.15) is 44.6 Å². The molecule has 0 atom stereocenters. The first kappa shape index (κ1) is 14.3. The molecule has 0 radical (unpaired) electrons. The van der Waals surface area contributed by atoms with E-state index in [2.05, 4.69) is 6.92 Å². The van der Waals surface area contributed by atoms with Crippen molar-refractivity contribution in [3.63, 3.8) is 0 Å². The van der Waals surface area contributed by atoms with Crippen molar-refractivity contribution < 1.29 is 9.13 Å². The minimum absolute atomic E-state index is 0.0764. The summed E-state index contributed by atoms with van der Waals surface area (Å²) in [5, 5.41) is 0. The molecule has 0 aliphatic heterocycles. The van der Waals surface area contributed by atoms with Crippen LogP contribution >= 0.6 is 12.2 Å². The Hall–Kier alpha value is -1.16. The van der Waals surface area contributed by atoms with Crippen LogP contribution in [-0.2, 0) is 0 Å². The standard InChI is InChI=1S/C15H20FNOS/c1-2-10-3-5-11(6-4-10)18-12-7-8-13(15(17)19)14(16)9-12/h7-11H,2-6H2,1H3,(H2,17,19). The third kappa shape index (κ3) is 3.66. The molecule has 0 bridgehead atoms. The Morgan fingerprint density at radius 3 is 2.58 bits per heavy atom. The monoisotopic (exact) mass is 281 g/mol. The molecule has 0 saturated heterocycles. The van der Waals surface area contributed by atoms with E-state index < -0.39 is 5.82 Å². The second-order valence-corrected chi connectivity index (χ2v) is 5.61. The van der Waals surface area contributed by atoms with E-state index in [1.54, 1.807) is 12.1 Å². The van der Waals surface area contributed by atoms with E-state index >= 15 is 0 Å². The van der Waals surface area contributed by atoms with Gasteiger partial charge in [0.1, 0.15) is 16.6 Å². The Morgan fingerprint density at radius 1 is 1.37 bits per heavy atom. The summed E-state index contributed by atoms with van der Waals surface area (Å²) in [4.78, 5) is 0.0764. The van der Waals surface area contributed by atoms with E-state index in [9.17, 15) is 4.39 Å². The molecule has 4 heteroatoms. The zero-order valence-electron chi connectivity index (χ0n) is 11.2. The highest BCUT2D eigenvalue weighted by Crippen LogP contribution is 2.29. The lowest BCUT2D eigenvalue weighted by Crippen LogP contribution is -2.24. The van der Waals surface area contributed by atoms with Gasteiger partial charge in [-0.3, -0.25) is 0 Å². The fourth-order valence-corrected chi connectivity index (χ4v) is 2.78. The minimum atomic E-state index is -0.410. The van der Waals surface area contributed by atoms with Crippen molar-refractivity contribution in [1.29, 1.82) is 0 Å². The maximum absolute atomic E-state index is 13.7. The van der Waals surface area contributed by atoms with E-state index in [1.165, 1.54) is 25.3 Å². The van der Waals surface area contributed by atoms with Crippen molar-refractivity contribution in [3.8, 4) is 5.75 Å². The molecule has 0 amide bonds. The third-order valence-corrected chi connectivity index (χ3v) is 4.10. The molecule has 1 aliphatic carbocycles. The van der Waals surface area contributed by atoms with E-state index in [0.29, 0.717) is 5.75 Å². The Kier molecular flexibility index (Phi) is 4.75. The van der Waals surface area contributed by atoms with Gasteiger partial charge in [0.05, 0.1) is 6.10 Å². The van der Waals surface area contributed by atoms with E-state index in [0.717, 1.165) is 18.8 Å². The molecule has 0 spiro atoms. The molecule has 1 aliphatic rings.